The van der Waals surface area contributed by atoms with Gasteiger partial charge in [-0.15, -0.1) is 0 Å². The van der Waals surface area contributed by atoms with Gasteiger partial charge >= 0.3 is 0 Å². The predicted octanol–water partition coefficient (Wildman–Crippen LogP) is 5.99. The van der Waals surface area contributed by atoms with Crippen LogP contribution < -0.4 is 20.7 Å². The van der Waals surface area contributed by atoms with E-state index in [9.17, 15) is 5.26 Å². The van der Waals surface area contributed by atoms with Crippen LogP contribution in [0.5, 0.6) is 0 Å². The molecule has 0 atom stereocenters. The number of para-hydroxylation sites is 2. The zero-order chi connectivity index (χ0) is 26.4. The Morgan fingerprint density at radius 3 is 1.85 bits per heavy atom. The molecule has 3 heteroatoms. The van der Waals surface area contributed by atoms with Crippen molar-refractivity contribution in [2.75, 3.05) is 0 Å². The Labute approximate surface area is 233 Å². The maximum absolute atomic E-state index is 9.91. The Bertz CT molecular complexity index is 2190. The summed E-state index contributed by atoms with van der Waals surface area (Å²) in [6.07, 6.45) is 0. The van der Waals surface area contributed by atoms with Crippen molar-refractivity contribution < 1.29 is 0 Å². The first kappa shape index (κ1) is 21.7. The summed E-state index contributed by atoms with van der Waals surface area (Å²) in [6.45, 7) is 0. The molecule has 6 aromatic carbocycles. The van der Waals surface area contributed by atoms with Crippen molar-refractivity contribution in [3.63, 3.8) is 0 Å². The van der Waals surface area contributed by atoms with Crippen LogP contribution in [0.3, 0.4) is 0 Å². The van der Waals surface area contributed by atoms with Gasteiger partial charge in [0.05, 0.1) is 22.7 Å². The van der Waals surface area contributed by atoms with Gasteiger partial charge in [0.2, 0.25) is 0 Å². The van der Waals surface area contributed by atoms with E-state index in [0.29, 0.717) is 5.56 Å². The van der Waals surface area contributed by atoms with E-state index < -0.39 is 8.07 Å². The fraction of sp³-hybridized carbons (Fsp3) is 0. The van der Waals surface area contributed by atoms with Crippen LogP contribution in [0, 0.1) is 11.3 Å². The van der Waals surface area contributed by atoms with Crippen LogP contribution >= 0.6 is 0 Å². The van der Waals surface area contributed by atoms with Crippen molar-refractivity contribution in [2.24, 2.45) is 0 Å². The molecule has 0 bridgehead atoms. The zero-order valence-electron chi connectivity index (χ0n) is 21.6. The molecule has 0 aliphatic carbocycles. The molecule has 40 heavy (non-hydrogen) atoms. The van der Waals surface area contributed by atoms with E-state index in [1.165, 1.54) is 64.8 Å². The van der Waals surface area contributed by atoms with Gasteiger partial charge in [0.25, 0.3) is 0 Å². The Hall–Kier alpha value is -5.17. The van der Waals surface area contributed by atoms with Crippen LogP contribution in [-0.2, 0) is 0 Å². The lowest BCUT2D eigenvalue weighted by Crippen LogP contribution is -2.70. The molecule has 0 fully saturated rings. The summed E-state index contributed by atoms with van der Waals surface area (Å²) in [5.41, 5.74) is 9.43. The number of nitriles is 1. The molecule has 0 saturated carbocycles. The minimum absolute atomic E-state index is 0.707. The number of hydrogen-bond donors (Lipinski definition) is 0. The molecule has 9 rings (SSSR count). The summed E-state index contributed by atoms with van der Waals surface area (Å²) < 4.78 is 2.39. The molecule has 2 nitrogen and oxygen atoms in total. The normalized spacial score (nSPS) is 13.7. The van der Waals surface area contributed by atoms with Gasteiger partial charge in [-0.3, -0.25) is 0 Å². The smallest absolute Gasteiger partial charge is 0.182 e. The summed E-state index contributed by atoms with van der Waals surface area (Å²) in [5, 5.41) is 18.2. The van der Waals surface area contributed by atoms with Crippen molar-refractivity contribution in [1.29, 1.82) is 5.26 Å². The van der Waals surface area contributed by atoms with E-state index in [1.807, 2.05) is 6.07 Å². The maximum atomic E-state index is 9.91. The van der Waals surface area contributed by atoms with Crippen molar-refractivity contribution in [3.05, 3.63) is 139 Å². The molecule has 0 unspecified atom stereocenters. The van der Waals surface area contributed by atoms with Crippen molar-refractivity contribution in [1.82, 2.24) is 4.57 Å². The standard InChI is InChI=1S/C37H22N2Si/c38-23-24-18-19-36-30(20-24)31-21-33-29(26-12-4-7-15-32(26)39(33)25-10-2-1-3-11-25)22-37(31)40(36)34-16-8-5-13-27(34)28-14-6-9-17-35(28)40/h1-22H. The maximum Gasteiger partial charge on any atom is 0.182 e. The largest absolute Gasteiger partial charge is 0.309 e. The first-order chi connectivity index (χ1) is 19.8. The van der Waals surface area contributed by atoms with Crippen molar-refractivity contribution >= 4 is 50.6 Å². The lowest BCUT2D eigenvalue weighted by molar-refractivity contribution is 1.18. The van der Waals surface area contributed by atoms with E-state index in [0.717, 1.165) is 5.69 Å². The topological polar surface area (TPSA) is 28.7 Å². The number of hydrogen-bond acceptors (Lipinski definition) is 1. The van der Waals surface area contributed by atoms with Crippen LogP contribution in [0.25, 0.3) is 49.7 Å². The predicted molar refractivity (Wildman–Crippen MR) is 167 cm³/mol. The van der Waals surface area contributed by atoms with Gasteiger partial charge in [0.1, 0.15) is 0 Å². The molecule has 2 aliphatic rings. The third kappa shape index (κ3) is 2.52. The molecule has 1 aromatic heterocycles. The van der Waals surface area contributed by atoms with Gasteiger partial charge in [0.15, 0.2) is 8.07 Å². The molecule has 1 spiro atoms. The van der Waals surface area contributed by atoms with Crippen molar-refractivity contribution in [2.45, 2.75) is 0 Å². The summed E-state index contributed by atoms with van der Waals surface area (Å²) >= 11 is 0. The van der Waals surface area contributed by atoms with Gasteiger partial charge in [-0.25, -0.2) is 0 Å². The molecular weight excluding hydrogens is 501 g/mol. The molecule has 0 radical (unpaired) electrons. The lowest BCUT2D eigenvalue weighted by Gasteiger charge is -2.27. The van der Waals surface area contributed by atoms with Gasteiger partial charge < -0.3 is 4.57 Å². The number of aromatic nitrogens is 1. The second kappa shape index (κ2) is 7.69. The van der Waals surface area contributed by atoms with Crippen LogP contribution in [0.2, 0.25) is 0 Å². The molecule has 0 N–H and O–H groups in total. The molecule has 3 heterocycles. The molecule has 0 amide bonds. The van der Waals surface area contributed by atoms with Crippen LogP contribution in [-0.4, -0.2) is 12.6 Å². The zero-order valence-corrected chi connectivity index (χ0v) is 22.6. The minimum Gasteiger partial charge on any atom is -0.309 e. The molecule has 0 saturated heterocycles. The van der Waals surface area contributed by atoms with Crippen LogP contribution in [0.1, 0.15) is 5.56 Å². The fourth-order valence-electron chi connectivity index (χ4n) is 7.53. The van der Waals surface area contributed by atoms with Crippen LogP contribution in [0.4, 0.5) is 0 Å². The summed E-state index contributed by atoms with van der Waals surface area (Å²) in [4.78, 5) is 0. The second-order valence-electron chi connectivity index (χ2n) is 10.8. The SMILES string of the molecule is N#Cc1ccc2c(c1)-c1cc3c(cc1[Si]21c2ccccc2-c2ccccc21)c1ccccc1n3-c1ccccc1. The number of fused-ring (bicyclic) bond motifs is 13. The highest BCUT2D eigenvalue weighted by atomic mass is 28.3. The van der Waals surface area contributed by atoms with E-state index >= 15 is 0 Å². The van der Waals surface area contributed by atoms with Crippen LogP contribution in [0.15, 0.2) is 133 Å². The van der Waals surface area contributed by atoms with Crippen molar-refractivity contribution in [3.8, 4) is 34.0 Å². The molecule has 7 aromatic rings. The average Bonchev–Trinajstić information content (AvgIpc) is 3.61. The van der Waals surface area contributed by atoms with E-state index in [1.54, 1.807) is 0 Å². The first-order valence-electron chi connectivity index (χ1n) is 13.7. The second-order valence-corrected chi connectivity index (χ2v) is 14.5. The van der Waals surface area contributed by atoms with E-state index in [4.69, 9.17) is 0 Å². The van der Waals surface area contributed by atoms with E-state index in [-0.39, 0.29) is 0 Å². The monoisotopic (exact) mass is 522 g/mol. The van der Waals surface area contributed by atoms with E-state index in [2.05, 4.69) is 138 Å². The number of rotatable bonds is 1. The highest BCUT2D eigenvalue weighted by molar-refractivity contribution is 7.24. The quantitative estimate of drug-likeness (QED) is 0.243. The molecule has 2 aliphatic heterocycles. The highest BCUT2D eigenvalue weighted by Crippen LogP contribution is 2.40. The number of nitrogens with zero attached hydrogens (tertiary/aromatic N) is 2. The lowest BCUT2D eigenvalue weighted by atomic mass is 10.0. The Morgan fingerprint density at radius 1 is 0.475 bits per heavy atom. The Kier molecular flexibility index (Phi) is 4.18. The van der Waals surface area contributed by atoms with Gasteiger partial charge in [-0.1, -0.05) is 97.1 Å². The number of benzene rings is 6. The summed E-state index contributed by atoms with van der Waals surface area (Å²) in [7, 11) is -2.58. The minimum atomic E-state index is -2.58. The summed E-state index contributed by atoms with van der Waals surface area (Å²) in [6, 6.07) is 51.1. The van der Waals surface area contributed by atoms with Gasteiger partial charge in [-0.05, 0) is 79.4 Å². The first-order valence-corrected chi connectivity index (χ1v) is 15.7. The molecule has 184 valence electrons. The highest BCUT2D eigenvalue weighted by Gasteiger charge is 2.54. The summed E-state index contributed by atoms with van der Waals surface area (Å²) in [5.74, 6) is 0. The third-order valence-corrected chi connectivity index (χ3v) is 14.0. The third-order valence-electron chi connectivity index (χ3n) is 9.03. The fourth-order valence-corrected chi connectivity index (χ4v) is 13.1. The van der Waals surface area contributed by atoms with Gasteiger partial charge in [-0.2, -0.15) is 5.26 Å². The average molecular weight is 523 g/mol. The van der Waals surface area contributed by atoms with Gasteiger partial charge in [0, 0.05) is 16.5 Å². The Morgan fingerprint density at radius 2 is 1.10 bits per heavy atom. The Balaban J connectivity index is 1.50. The molecular formula is C37H22N2Si.